The Balaban J connectivity index is 3.03. The van der Waals surface area contributed by atoms with Gasteiger partial charge in [0.15, 0.2) is 0 Å². The van der Waals surface area contributed by atoms with E-state index in [1.165, 1.54) is 6.26 Å². The molecular formula is C13H29NO5S. The first-order chi connectivity index (χ1) is 9.56. The lowest BCUT2D eigenvalue weighted by Gasteiger charge is -2.07. The van der Waals surface area contributed by atoms with Gasteiger partial charge in [-0.1, -0.05) is 13.3 Å². The Morgan fingerprint density at radius 2 is 1.40 bits per heavy atom. The molecule has 0 saturated heterocycles. The minimum atomic E-state index is -2.88. The van der Waals surface area contributed by atoms with Crippen LogP contribution in [0.4, 0.5) is 0 Å². The van der Waals surface area contributed by atoms with E-state index in [-0.39, 0.29) is 5.75 Å². The highest BCUT2D eigenvalue weighted by atomic mass is 32.2. The minimum Gasteiger partial charge on any atom is -0.379 e. The summed E-state index contributed by atoms with van der Waals surface area (Å²) in [6, 6.07) is 0. The molecule has 20 heavy (non-hydrogen) atoms. The highest BCUT2D eigenvalue weighted by Crippen LogP contribution is 1.88. The van der Waals surface area contributed by atoms with E-state index in [4.69, 9.17) is 14.2 Å². The van der Waals surface area contributed by atoms with Crippen molar-refractivity contribution in [1.82, 2.24) is 5.32 Å². The van der Waals surface area contributed by atoms with Crippen LogP contribution in [0.3, 0.4) is 0 Å². The summed E-state index contributed by atoms with van der Waals surface area (Å²) in [5.74, 6) is 0.161. The fraction of sp³-hybridized carbons (Fsp3) is 1.00. The molecule has 0 aromatic carbocycles. The predicted octanol–water partition coefficient (Wildman–Crippen LogP) is 0.471. The van der Waals surface area contributed by atoms with Gasteiger partial charge in [-0.3, -0.25) is 0 Å². The Morgan fingerprint density at radius 1 is 0.850 bits per heavy atom. The first kappa shape index (κ1) is 19.8. The van der Waals surface area contributed by atoms with E-state index in [1.807, 2.05) is 0 Å². The van der Waals surface area contributed by atoms with E-state index >= 15 is 0 Å². The largest absolute Gasteiger partial charge is 0.379 e. The molecule has 0 aromatic heterocycles. The summed E-state index contributed by atoms with van der Waals surface area (Å²) in [6.45, 7) is 6.93. The molecule has 0 saturated carbocycles. The van der Waals surface area contributed by atoms with Gasteiger partial charge in [0.25, 0.3) is 0 Å². The summed E-state index contributed by atoms with van der Waals surface area (Å²) in [5, 5.41) is 3.01. The standard InChI is InChI=1S/C13H29NO5S/c1-3-4-7-17-9-11-19-12-10-18-8-5-14-6-13-20(2,15)16/h14H,3-13H2,1-2H3. The van der Waals surface area contributed by atoms with E-state index in [9.17, 15) is 8.42 Å². The van der Waals surface area contributed by atoms with Gasteiger partial charge in [0, 0.05) is 26.0 Å². The van der Waals surface area contributed by atoms with Crippen LogP contribution in [0.25, 0.3) is 0 Å². The van der Waals surface area contributed by atoms with Crippen LogP contribution in [0.5, 0.6) is 0 Å². The molecular weight excluding hydrogens is 282 g/mol. The number of nitrogens with one attached hydrogen (secondary N) is 1. The number of rotatable bonds is 15. The van der Waals surface area contributed by atoms with Crippen molar-refractivity contribution < 1.29 is 22.6 Å². The van der Waals surface area contributed by atoms with Gasteiger partial charge < -0.3 is 19.5 Å². The number of hydrogen-bond donors (Lipinski definition) is 1. The van der Waals surface area contributed by atoms with Crippen LogP contribution >= 0.6 is 0 Å². The van der Waals surface area contributed by atoms with Crippen molar-refractivity contribution in [3.63, 3.8) is 0 Å². The van der Waals surface area contributed by atoms with Crippen molar-refractivity contribution >= 4 is 9.84 Å². The Morgan fingerprint density at radius 3 is 1.95 bits per heavy atom. The molecule has 1 N–H and O–H groups in total. The van der Waals surface area contributed by atoms with E-state index in [0.29, 0.717) is 46.1 Å². The van der Waals surface area contributed by atoms with Crippen LogP contribution in [0.15, 0.2) is 0 Å². The molecule has 0 rings (SSSR count). The van der Waals surface area contributed by atoms with Gasteiger partial charge >= 0.3 is 0 Å². The number of sulfone groups is 1. The summed E-state index contributed by atoms with van der Waals surface area (Å²) in [7, 11) is -2.88. The molecule has 7 heteroatoms. The molecule has 0 bridgehead atoms. The molecule has 0 aromatic rings. The molecule has 0 fully saturated rings. The average molecular weight is 311 g/mol. The van der Waals surface area contributed by atoms with Crippen molar-refractivity contribution in [3.05, 3.63) is 0 Å². The molecule has 0 amide bonds. The third-order valence-corrected chi connectivity index (χ3v) is 3.40. The third-order valence-electron chi connectivity index (χ3n) is 2.46. The second kappa shape index (κ2) is 13.8. The van der Waals surface area contributed by atoms with Gasteiger partial charge in [0.2, 0.25) is 0 Å². The molecule has 0 heterocycles. The Bertz CT molecular complexity index is 295. The maximum atomic E-state index is 10.9. The van der Waals surface area contributed by atoms with Gasteiger partial charge in [-0.15, -0.1) is 0 Å². The van der Waals surface area contributed by atoms with Gasteiger partial charge in [-0.05, 0) is 6.42 Å². The van der Waals surface area contributed by atoms with Gasteiger partial charge in [0.1, 0.15) is 9.84 Å². The lowest BCUT2D eigenvalue weighted by molar-refractivity contribution is 0.0147. The zero-order valence-electron chi connectivity index (χ0n) is 12.7. The quantitative estimate of drug-likeness (QED) is 0.443. The lowest BCUT2D eigenvalue weighted by atomic mass is 10.4. The van der Waals surface area contributed by atoms with Crippen molar-refractivity contribution in [2.75, 3.05) is 64.7 Å². The maximum Gasteiger partial charge on any atom is 0.148 e. The summed E-state index contributed by atoms with van der Waals surface area (Å²) in [4.78, 5) is 0. The molecule has 6 nitrogen and oxygen atoms in total. The van der Waals surface area contributed by atoms with Crippen molar-refractivity contribution in [3.8, 4) is 0 Å². The summed E-state index contributed by atoms with van der Waals surface area (Å²) < 4.78 is 37.7. The number of unbranched alkanes of at least 4 members (excludes halogenated alkanes) is 1. The van der Waals surface area contributed by atoms with Crippen LogP contribution in [-0.4, -0.2) is 73.2 Å². The zero-order chi connectivity index (χ0) is 15.1. The Hall–Kier alpha value is -0.210. The van der Waals surface area contributed by atoms with Crippen molar-refractivity contribution in [2.45, 2.75) is 19.8 Å². The molecule has 0 aliphatic rings. The highest BCUT2D eigenvalue weighted by molar-refractivity contribution is 7.90. The van der Waals surface area contributed by atoms with Gasteiger partial charge in [-0.2, -0.15) is 0 Å². The summed E-state index contributed by atoms with van der Waals surface area (Å²) in [5.41, 5.74) is 0. The highest BCUT2D eigenvalue weighted by Gasteiger charge is 1.99. The van der Waals surface area contributed by atoms with E-state index in [1.54, 1.807) is 0 Å². The number of hydrogen-bond acceptors (Lipinski definition) is 6. The van der Waals surface area contributed by atoms with E-state index in [2.05, 4.69) is 12.2 Å². The first-order valence-corrected chi connectivity index (χ1v) is 9.24. The predicted molar refractivity (Wildman–Crippen MR) is 79.9 cm³/mol. The molecule has 0 atom stereocenters. The fourth-order valence-corrected chi connectivity index (χ4v) is 1.83. The zero-order valence-corrected chi connectivity index (χ0v) is 13.5. The third kappa shape index (κ3) is 17.8. The molecule has 0 spiro atoms. The minimum absolute atomic E-state index is 0.161. The molecule has 0 aliphatic carbocycles. The van der Waals surface area contributed by atoms with Crippen LogP contribution in [0.2, 0.25) is 0 Å². The fourth-order valence-electron chi connectivity index (χ4n) is 1.32. The topological polar surface area (TPSA) is 73.9 Å². The Labute approximate surface area is 123 Å². The van der Waals surface area contributed by atoms with Crippen LogP contribution in [0.1, 0.15) is 19.8 Å². The van der Waals surface area contributed by atoms with Gasteiger partial charge in [-0.25, -0.2) is 8.42 Å². The van der Waals surface area contributed by atoms with E-state index < -0.39 is 9.84 Å². The maximum absolute atomic E-state index is 10.9. The normalized spacial score (nSPS) is 11.9. The molecule has 0 radical (unpaired) electrons. The van der Waals surface area contributed by atoms with Crippen LogP contribution in [0, 0.1) is 0 Å². The van der Waals surface area contributed by atoms with Crippen molar-refractivity contribution in [1.29, 1.82) is 0 Å². The number of ether oxygens (including phenoxy) is 3. The Kier molecular flexibility index (Phi) is 13.6. The van der Waals surface area contributed by atoms with Gasteiger partial charge in [0.05, 0.1) is 38.8 Å². The first-order valence-electron chi connectivity index (χ1n) is 7.18. The molecule has 0 aliphatic heterocycles. The monoisotopic (exact) mass is 311 g/mol. The van der Waals surface area contributed by atoms with Crippen LogP contribution < -0.4 is 5.32 Å². The molecule has 0 unspecified atom stereocenters. The second-order valence-corrected chi connectivity index (χ2v) is 6.83. The average Bonchev–Trinajstić information content (AvgIpc) is 2.38. The second-order valence-electron chi connectivity index (χ2n) is 4.57. The smallest absolute Gasteiger partial charge is 0.148 e. The van der Waals surface area contributed by atoms with Crippen LogP contribution in [-0.2, 0) is 24.0 Å². The molecule has 122 valence electrons. The lowest BCUT2D eigenvalue weighted by Crippen LogP contribution is -2.26. The summed E-state index contributed by atoms with van der Waals surface area (Å²) >= 11 is 0. The van der Waals surface area contributed by atoms with Crippen molar-refractivity contribution in [2.24, 2.45) is 0 Å². The SMILES string of the molecule is CCCCOCCOCCOCCNCCS(C)(=O)=O. The van der Waals surface area contributed by atoms with E-state index in [0.717, 1.165) is 19.4 Å². The summed E-state index contributed by atoms with van der Waals surface area (Å²) in [6.07, 6.45) is 3.47.